The van der Waals surface area contributed by atoms with Crippen molar-refractivity contribution >= 4 is 28.3 Å². The largest absolute Gasteiger partial charge is 0.353 e. The highest BCUT2D eigenvalue weighted by molar-refractivity contribution is 6.01. The number of hydrogen-bond acceptors (Lipinski definition) is 3. The maximum atomic E-state index is 12.9. The Labute approximate surface area is 172 Å². The van der Waals surface area contributed by atoms with Gasteiger partial charge in [-0.1, -0.05) is 32.1 Å². The summed E-state index contributed by atoms with van der Waals surface area (Å²) in [6.45, 7) is 6.76. The van der Waals surface area contributed by atoms with Gasteiger partial charge >= 0.3 is 0 Å². The Hall–Kier alpha value is -2.40. The molecule has 1 unspecified atom stereocenters. The van der Waals surface area contributed by atoms with Crippen molar-refractivity contribution in [3.63, 3.8) is 0 Å². The average Bonchev–Trinajstić information content (AvgIpc) is 2.90. The molecule has 2 aromatic rings. The molecule has 29 heavy (non-hydrogen) atoms. The van der Waals surface area contributed by atoms with Gasteiger partial charge in [0.25, 0.3) is 0 Å². The molecule has 0 fully saturated rings. The van der Waals surface area contributed by atoms with Gasteiger partial charge in [0.2, 0.25) is 11.8 Å². The quantitative estimate of drug-likeness (QED) is 0.858. The van der Waals surface area contributed by atoms with E-state index in [2.05, 4.69) is 43.3 Å². The van der Waals surface area contributed by atoms with Gasteiger partial charge < -0.3 is 10.2 Å². The number of nitrogens with zero attached hydrogens (tertiary/aromatic N) is 2. The maximum Gasteiger partial charge on any atom is 0.230 e. The second-order valence-electron chi connectivity index (χ2n) is 8.59. The predicted molar refractivity (Wildman–Crippen MR) is 117 cm³/mol. The van der Waals surface area contributed by atoms with E-state index in [9.17, 15) is 9.59 Å². The van der Waals surface area contributed by atoms with Crippen molar-refractivity contribution in [2.45, 2.75) is 58.5 Å². The molecule has 2 heterocycles. The van der Waals surface area contributed by atoms with Crippen molar-refractivity contribution in [2.75, 3.05) is 13.6 Å². The van der Waals surface area contributed by atoms with Crippen LogP contribution in [-0.4, -0.2) is 47.0 Å². The Balaban J connectivity index is 1.83. The van der Waals surface area contributed by atoms with E-state index in [0.29, 0.717) is 12.5 Å². The van der Waals surface area contributed by atoms with E-state index in [-0.39, 0.29) is 23.8 Å². The van der Waals surface area contributed by atoms with Crippen molar-refractivity contribution < 1.29 is 9.59 Å². The number of rotatable bonds is 4. The van der Waals surface area contributed by atoms with Gasteiger partial charge in [0.05, 0.1) is 11.4 Å². The Morgan fingerprint density at radius 1 is 1.24 bits per heavy atom. The lowest BCUT2D eigenvalue weighted by Gasteiger charge is -2.27. The first-order valence-corrected chi connectivity index (χ1v) is 10.8. The number of aromatic nitrogens is 1. The molecule has 0 spiro atoms. The SMILES string of the molecule is CCC(=O)n1cc2c3c(cccc31)C1=C[C@@H](C(=O)NC(C)CC)CN(C)[C@H](C1)C2. The predicted octanol–water partition coefficient (Wildman–Crippen LogP) is 3.87. The Morgan fingerprint density at radius 3 is 2.76 bits per heavy atom. The lowest BCUT2D eigenvalue weighted by molar-refractivity contribution is -0.124. The van der Waals surface area contributed by atoms with Crippen molar-refractivity contribution in [1.29, 1.82) is 0 Å². The average molecular weight is 394 g/mol. The number of benzene rings is 1. The van der Waals surface area contributed by atoms with E-state index in [1.54, 1.807) is 0 Å². The molecular weight excluding hydrogens is 362 g/mol. The zero-order valence-electron chi connectivity index (χ0n) is 17.9. The molecule has 1 N–H and O–H groups in total. The third-order valence-corrected chi connectivity index (χ3v) is 6.58. The fourth-order valence-electron chi connectivity index (χ4n) is 4.69. The van der Waals surface area contributed by atoms with E-state index in [1.165, 1.54) is 22.1 Å². The van der Waals surface area contributed by atoms with E-state index in [0.717, 1.165) is 31.3 Å². The molecule has 1 amide bonds. The molecule has 3 atom stereocenters. The van der Waals surface area contributed by atoms with Gasteiger partial charge in [0.15, 0.2) is 0 Å². The minimum absolute atomic E-state index is 0.107. The highest BCUT2D eigenvalue weighted by Crippen LogP contribution is 2.39. The molecule has 0 saturated carbocycles. The normalized spacial score (nSPS) is 22.6. The molecule has 5 heteroatoms. The molecule has 4 rings (SSSR count). The molecule has 2 aliphatic rings. The van der Waals surface area contributed by atoms with E-state index < -0.39 is 0 Å². The first kappa shape index (κ1) is 19.9. The summed E-state index contributed by atoms with van der Waals surface area (Å²) in [6, 6.07) is 6.73. The summed E-state index contributed by atoms with van der Waals surface area (Å²) in [5, 5.41) is 4.33. The highest BCUT2D eigenvalue weighted by Gasteiger charge is 2.32. The summed E-state index contributed by atoms with van der Waals surface area (Å²) >= 11 is 0. The summed E-state index contributed by atoms with van der Waals surface area (Å²) in [5.41, 5.74) is 4.63. The molecule has 1 aliphatic heterocycles. The van der Waals surface area contributed by atoms with Gasteiger partial charge in [-0.25, -0.2) is 0 Å². The van der Waals surface area contributed by atoms with Gasteiger partial charge in [-0.05, 0) is 56.0 Å². The van der Waals surface area contributed by atoms with Gasteiger partial charge in [-0.3, -0.25) is 14.2 Å². The second kappa shape index (κ2) is 7.79. The summed E-state index contributed by atoms with van der Waals surface area (Å²) in [6.07, 6.45) is 7.45. The number of carbonyl (C=O) groups excluding carboxylic acids is 2. The Morgan fingerprint density at radius 2 is 2.03 bits per heavy atom. The van der Waals surface area contributed by atoms with Gasteiger partial charge in [0.1, 0.15) is 0 Å². The number of carbonyl (C=O) groups is 2. The molecule has 0 radical (unpaired) electrons. The van der Waals surface area contributed by atoms with Crippen LogP contribution in [0.15, 0.2) is 30.5 Å². The summed E-state index contributed by atoms with van der Waals surface area (Å²) in [7, 11) is 2.12. The molecule has 5 nitrogen and oxygen atoms in total. The standard InChI is InChI=1S/C24H31N3O2/c1-5-15(3)25-24(29)18-10-16-11-19(26(4)13-18)12-17-14-27(22(28)6-2)21-9-7-8-20(16)23(17)21/h7-10,14-15,18-19H,5-6,11-13H2,1-4H3,(H,25,29)/t15?,18-,19-/m1/s1. The lowest BCUT2D eigenvalue weighted by Crippen LogP contribution is -2.42. The molecule has 0 saturated heterocycles. The van der Waals surface area contributed by atoms with Crippen molar-refractivity contribution in [1.82, 2.24) is 14.8 Å². The Kier molecular flexibility index (Phi) is 5.34. The number of nitrogens with one attached hydrogen (secondary N) is 1. The maximum absolute atomic E-state index is 12.9. The molecule has 1 aromatic heterocycles. The van der Waals surface area contributed by atoms with Gasteiger partial charge in [0, 0.05) is 36.6 Å². The fraction of sp³-hybridized carbons (Fsp3) is 0.500. The van der Waals surface area contributed by atoms with E-state index >= 15 is 0 Å². The minimum atomic E-state index is -0.162. The number of hydrogen-bond donors (Lipinski definition) is 1. The van der Waals surface area contributed by atoms with Crippen LogP contribution in [0.3, 0.4) is 0 Å². The molecular formula is C24H31N3O2. The van der Waals surface area contributed by atoms with Crippen LogP contribution in [0.5, 0.6) is 0 Å². The molecule has 1 aliphatic carbocycles. The summed E-state index contributed by atoms with van der Waals surface area (Å²) < 4.78 is 1.82. The smallest absolute Gasteiger partial charge is 0.230 e. The number of likely N-dealkylation sites (N-methyl/N-ethyl adjacent to an activating group) is 1. The topological polar surface area (TPSA) is 54.3 Å². The monoisotopic (exact) mass is 393 g/mol. The highest BCUT2D eigenvalue weighted by atomic mass is 16.2. The molecule has 2 bridgehead atoms. The zero-order chi connectivity index (χ0) is 20.7. The van der Waals surface area contributed by atoms with Crippen molar-refractivity contribution in [2.24, 2.45) is 5.92 Å². The first-order valence-electron chi connectivity index (χ1n) is 10.8. The Bertz CT molecular complexity index is 987. The van der Waals surface area contributed by atoms with Gasteiger partial charge in [-0.15, -0.1) is 0 Å². The zero-order valence-corrected chi connectivity index (χ0v) is 17.9. The minimum Gasteiger partial charge on any atom is -0.353 e. The number of amides is 1. The van der Waals surface area contributed by atoms with Crippen LogP contribution in [0.2, 0.25) is 0 Å². The number of fused-ring (bicyclic) bond motifs is 3. The van der Waals surface area contributed by atoms with Crippen LogP contribution in [-0.2, 0) is 11.2 Å². The third kappa shape index (κ3) is 3.52. The van der Waals surface area contributed by atoms with E-state index in [1.807, 2.05) is 29.8 Å². The fourth-order valence-corrected chi connectivity index (χ4v) is 4.69. The molecule has 1 aromatic carbocycles. The van der Waals surface area contributed by atoms with Crippen LogP contribution in [0.4, 0.5) is 0 Å². The summed E-state index contributed by atoms with van der Waals surface area (Å²) in [5.74, 6) is 0.0660. The first-order chi connectivity index (χ1) is 13.9. The van der Waals surface area contributed by atoms with Crippen LogP contribution in [0.25, 0.3) is 16.5 Å². The van der Waals surface area contributed by atoms with E-state index in [4.69, 9.17) is 0 Å². The molecule has 154 valence electrons. The van der Waals surface area contributed by atoms with Gasteiger partial charge in [-0.2, -0.15) is 0 Å². The van der Waals surface area contributed by atoms with Crippen molar-refractivity contribution in [3.8, 4) is 0 Å². The lowest BCUT2D eigenvalue weighted by atomic mass is 9.95. The third-order valence-electron chi connectivity index (χ3n) is 6.58. The summed E-state index contributed by atoms with van der Waals surface area (Å²) in [4.78, 5) is 27.8. The van der Waals surface area contributed by atoms with Crippen LogP contribution >= 0.6 is 0 Å². The van der Waals surface area contributed by atoms with Crippen LogP contribution in [0.1, 0.15) is 56.0 Å². The van der Waals surface area contributed by atoms with Crippen LogP contribution in [0, 0.1) is 5.92 Å². The second-order valence-corrected chi connectivity index (χ2v) is 8.59. The van der Waals surface area contributed by atoms with Crippen LogP contribution < -0.4 is 5.32 Å². The van der Waals surface area contributed by atoms with Crippen molar-refractivity contribution in [3.05, 3.63) is 41.6 Å².